The zero-order valence-electron chi connectivity index (χ0n) is 3.87. The summed E-state index contributed by atoms with van der Waals surface area (Å²) in [5, 5.41) is 0. The van der Waals surface area contributed by atoms with Crippen molar-refractivity contribution in [3.8, 4) is 0 Å². The molecule has 0 heterocycles. The molecule has 4 nitrogen and oxygen atoms in total. The second-order valence-corrected chi connectivity index (χ2v) is 3.51. The minimum absolute atomic E-state index is 0.0729. The first-order valence-corrected chi connectivity index (χ1v) is 4.97. The Balaban J connectivity index is 3.36. The van der Waals surface area contributed by atoms with Gasteiger partial charge in [0.25, 0.3) is 0 Å². The van der Waals surface area contributed by atoms with Crippen LogP contribution in [0.4, 0.5) is 0 Å². The van der Waals surface area contributed by atoms with Gasteiger partial charge in [0.1, 0.15) is 0 Å². The van der Waals surface area contributed by atoms with Crippen molar-refractivity contribution in [1.82, 2.24) is 0 Å². The monoisotopic (exact) mass is 170 g/mol. The second kappa shape index (κ2) is 2.52. The van der Waals surface area contributed by atoms with Gasteiger partial charge < -0.3 is 0 Å². The molecular formula is C2H7AsO4. The van der Waals surface area contributed by atoms with E-state index < -0.39 is 14.5 Å². The minimum atomic E-state index is -4.69. The Kier molecular flexibility index (Phi) is 2.61. The molecule has 44 valence electrons. The van der Waals surface area contributed by atoms with Gasteiger partial charge in [-0.3, -0.25) is 0 Å². The number of rotatable bonds is 2. The summed E-state index contributed by atoms with van der Waals surface area (Å²) in [6, 6.07) is 0. The van der Waals surface area contributed by atoms with E-state index in [9.17, 15) is 3.74 Å². The summed E-state index contributed by atoms with van der Waals surface area (Å²) in [4.78, 5) is 0. The molecule has 0 aliphatic rings. The predicted molar refractivity (Wildman–Crippen MR) is 22.5 cm³/mol. The Labute approximate surface area is 44.5 Å². The van der Waals surface area contributed by atoms with Crippen LogP contribution in [0.2, 0.25) is 0 Å². The van der Waals surface area contributed by atoms with Gasteiger partial charge >= 0.3 is 43.7 Å². The van der Waals surface area contributed by atoms with E-state index in [1.54, 1.807) is 0 Å². The third kappa shape index (κ3) is 6.24. The molecule has 0 aliphatic carbocycles. The second-order valence-electron chi connectivity index (χ2n) is 0.908. The molecule has 0 saturated carbocycles. The van der Waals surface area contributed by atoms with Crippen molar-refractivity contribution in [3.63, 3.8) is 0 Å². The molecule has 0 rings (SSSR count). The average Bonchev–Trinajstić information content (AvgIpc) is 1.30. The molecule has 0 aromatic rings. The van der Waals surface area contributed by atoms with Crippen LogP contribution in [0.5, 0.6) is 0 Å². The molecule has 0 spiro atoms. The SMILES string of the molecule is CCO[As](=O)(O)O. The van der Waals surface area contributed by atoms with E-state index in [2.05, 4.69) is 3.73 Å². The molecule has 5 heteroatoms. The topological polar surface area (TPSA) is 66.8 Å². The summed E-state index contributed by atoms with van der Waals surface area (Å²) in [5.41, 5.74) is 0. The van der Waals surface area contributed by atoms with Crippen LogP contribution in [0.3, 0.4) is 0 Å². The van der Waals surface area contributed by atoms with Gasteiger partial charge in [-0.05, 0) is 0 Å². The van der Waals surface area contributed by atoms with Gasteiger partial charge in [0.2, 0.25) is 0 Å². The van der Waals surface area contributed by atoms with Crippen molar-refractivity contribution < 1.29 is 15.7 Å². The van der Waals surface area contributed by atoms with Crippen LogP contribution in [0.1, 0.15) is 6.92 Å². The van der Waals surface area contributed by atoms with Gasteiger partial charge in [0, 0.05) is 0 Å². The van der Waals surface area contributed by atoms with Crippen LogP contribution in [0.25, 0.3) is 0 Å². The molecule has 0 saturated heterocycles. The van der Waals surface area contributed by atoms with Crippen LogP contribution in [-0.2, 0) is 7.47 Å². The van der Waals surface area contributed by atoms with Gasteiger partial charge in [-0.15, -0.1) is 0 Å². The van der Waals surface area contributed by atoms with Crippen molar-refractivity contribution in [2.45, 2.75) is 6.92 Å². The molecule has 0 aliphatic heterocycles. The summed E-state index contributed by atoms with van der Waals surface area (Å²) >= 11 is -4.69. The quantitative estimate of drug-likeness (QED) is 0.514. The van der Waals surface area contributed by atoms with Crippen molar-refractivity contribution in [2.24, 2.45) is 0 Å². The van der Waals surface area contributed by atoms with Crippen LogP contribution >= 0.6 is 0 Å². The zero-order chi connectivity index (χ0) is 5.91. The van der Waals surface area contributed by atoms with E-state index in [1.165, 1.54) is 6.92 Å². The Hall–Kier alpha value is 0.238. The molecule has 0 aromatic carbocycles. The van der Waals surface area contributed by atoms with E-state index >= 15 is 0 Å². The zero-order valence-corrected chi connectivity index (χ0v) is 5.74. The standard InChI is InChI=1S/C2H7AsO4/c1-2-7-3(4,5)6/h2H2,1H3,(H2,4,5,6). The summed E-state index contributed by atoms with van der Waals surface area (Å²) in [6.07, 6.45) is 0. The molecule has 0 fully saturated rings. The normalized spacial score (nSPS) is 11.9. The van der Waals surface area contributed by atoms with Crippen molar-refractivity contribution >= 4 is 14.5 Å². The molecule has 0 atom stereocenters. The Morgan fingerprint density at radius 2 is 2.14 bits per heavy atom. The fourth-order valence-electron chi connectivity index (χ4n) is 0.168. The maximum absolute atomic E-state index is 9.76. The van der Waals surface area contributed by atoms with Crippen molar-refractivity contribution in [1.29, 1.82) is 0 Å². The van der Waals surface area contributed by atoms with E-state index in [1.807, 2.05) is 0 Å². The van der Waals surface area contributed by atoms with Crippen LogP contribution in [0, 0.1) is 0 Å². The van der Waals surface area contributed by atoms with E-state index in [4.69, 9.17) is 8.19 Å². The summed E-state index contributed by atoms with van der Waals surface area (Å²) in [5.74, 6) is 0. The van der Waals surface area contributed by atoms with Crippen LogP contribution in [-0.4, -0.2) is 29.3 Å². The molecule has 0 radical (unpaired) electrons. The molecule has 0 bridgehead atoms. The third-order valence-corrected chi connectivity index (χ3v) is 1.54. The summed E-state index contributed by atoms with van der Waals surface area (Å²) in [7, 11) is 0. The van der Waals surface area contributed by atoms with Gasteiger partial charge in [-0.2, -0.15) is 0 Å². The van der Waals surface area contributed by atoms with Gasteiger partial charge in [-0.25, -0.2) is 0 Å². The van der Waals surface area contributed by atoms with Gasteiger partial charge in [0.05, 0.1) is 0 Å². The average molecular weight is 170 g/mol. The molecule has 0 amide bonds. The Morgan fingerprint density at radius 1 is 1.71 bits per heavy atom. The number of hydrogen-bond acceptors (Lipinski definition) is 2. The Morgan fingerprint density at radius 3 is 2.14 bits per heavy atom. The van der Waals surface area contributed by atoms with Crippen molar-refractivity contribution in [3.05, 3.63) is 0 Å². The first-order chi connectivity index (χ1) is 3.06. The molecule has 0 unspecified atom stereocenters. The summed E-state index contributed by atoms with van der Waals surface area (Å²) in [6.45, 7) is 1.60. The molecular weight excluding hydrogens is 163 g/mol. The van der Waals surface area contributed by atoms with Crippen molar-refractivity contribution in [2.75, 3.05) is 6.61 Å². The first kappa shape index (κ1) is 7.24. The predicted octanol–water partition coefficient (Wildman–Crippen LogP) is -1.13. The van der Waals surface area contributed by atoms with Crippen LogP contribution in [0.15, 0.2) is 0 Å². The fraction of sp³-hybridized carbons (Fsp3) is 1.00. The van der Waals surface area contributed by atoms with E-state index in [0.29, 0.717) is 0 Å². The molecule has 7 heavy (non-hydrogen) atoms. The maximum atomic E-state index is 9.76. The van der Waals surface area contributed by atoms with E-state index in [0.717, 1.165) is 0 Å². The molecule has 2 N–H and O–H groups in total. The van der Waals surface area contributed by atoms with Crippen LogP contribution < -0.4 is 0 Å². The van der Waals surface area contributed by atoms with Gasteiger partial charge in [0.15, 0.2) is 0 Å². The van der Waals surface area contributed by atoms with Gasteiger partial charge in [-0.1, -0.05) is 0 Å². The Bertz CT molecular complexity index is 83.7. The molecule has 0 aromatic heterocycles. The summed E-state index contributed by atoms with van der Waals surface area (Å²) < 4.78 is 29.7. The van der Waals surface area contributed by atoms with E-state index in [-0.39, 0.29) is 6.61 Å². The first-order valence-electron chi connectivity index (χ1n) is 1.76. The fourth-order valence-corrected chi connectivity index (χ4v) is 0.874. The number of hydrogen-bond donors (Lipinski definition) is 2. The third-order valence-electron chi connectivity index (χ3n) is 0.297.